The van der Waals surface area contributed by atoms with Crippen LogP contribution in [0.15, 0.2) is 9.98 Å². The molecule has 0 bridgehead atoms. The number of esters is 1. The van der Waals surface area contributed by atoms with E-state index in [1.54, 1.807) is 13.8 Å². The topological polar surface area (TPSA) is 63.5 Å². The van der Waals surface area contributed by atoms with E-state index in [9.17, 15) is 18.0 Å². The molecule has 6 nitrogen and oxygen atoms in total. The van der Waals surface area contributed by atoms with Gasteiger partial charge in [-0.1, -0.05) is 0 Å². The number of nitrogens with zero attached hydrogens (tertiary/aromatic N) is 3. The van der Waals surface area contributed by atoms with Crippen LogP contribution < -0.4 is 0 Å². The molecule has 0 radical (unpaired) electrons. The fourth-order valence-electron chi connectivity index (χ4n) is 1.75. The Bertz CT molecular complexity index is 478. The van der Waals surface area contributed by atoms with Crippen LogP contribution in [0.5, 0.6) is 0 Å². The Hall–Kier alpha value is -1.51. The zero-order chi connectivity index (χ0) is 17.0. The van der Waals surface area contributed by atoms with Crippen molar-refractivity contribution >= 4 is 29.5 Å². The predicted molar refractivity (Wildman–Crippen MR) is 75.0 cm³/mol. The molecule has 0 amide bonds. The maximum atomic E-state index is 13.5. The molecule has 22 heavy (non-hydrogen) atoms. The van der Waals surface area contributed by atoms with E-state index in [0.717, 1.165) is 0 Å². The quantitative estimate of drug-likeness (QED) is 0.567. The van der Waals surface area contributed by atoms with E-state index in [2.05, 4.69) is 14.7 Å². The van der Waals surface area contributed by atoms with Gasteiger partial charge >= 0.3 is 17.8 Å². The number of hydrogen-bond acceptors (Lipinski definition) is 6. The van der Waals surface area contributed by atoms with Crippen molar-refractivity contribution in [2.45, 2.75) is 32.6 Å². The summed E-state index contributed by atoms with van der Waals surface area (Å²) in [5.41, 5.74) is -3.39. The van der Waals surface area contributed by atoms with Crippen molar-refractivity contribution in [1.29, 1.82) is 0 Å². The van der Waals surface area contributed by atoms with Crippen LogP contribution in [-0.4, -0.2) is 60.2 Å². The Morgan fingerprint density at radius 1 is 1.32 bits per heavy atom. The van der Waals surface area contributed by atoms with Crippen LogP contribution in [0, 0.1) is 0 Å². The van der Waals surface area contributed by atoms with Crippen LogP contribution in [0.2, 0.25) is 0 Å². The van der Waals surface area contributed by atoms with Gasteiger partial charge in [0.15, 0.2) is 0 Å². The molecule has 0 N–H and O–H groups in total. The molecular weight excluding hydrogens is 327 g/mol. The second-order valence-corrected chi connectivity index (χ2v) is 4.47. The van der Waals surface area contributed by atoms with Gasteiger partial charge < -0.3 is 14.4 Å². The molecule has 0 aromatic rings. The first-order valence-corrected chi connectivity index (χ1v) is 7.20. The highest BCUT2D eigenvalue weighted by atomic mass is 35.5. The summed E-state index contributed by atoms with van der Waals surface area (Å²) in [5, 5.41) is 0. The van der Waals surface area contributed by atoms with Crippen LogP contribution in [-0.2, 0) is 14.3 Å². The summed E-state index contributed by atoms with van der Waals surface area (Å²) in [6, 6.07) is -0.360. The molecule has 0 saturated heterocycles. The molecule has 1 aliphatic rings. The van der Waals surface area contributed by atoms with E-state index in [-0.39, 0.29) is 12.6 Å². The van der Waals surface area contributed by atoms with Crippen molar-refractivity contribution in [3.63, 3.8) is 0 Å². The van der Waals surface area contributed by atoms with E-state index >= 15 is 0 Å². The van der Waals surface area contributed by atoms with Gasteiger partial charge in [0.2, 0.25) is 5.90 Å². The van der Waals surface area contributed by atoms with Gasteiger partial charge in [-0.25, -0.2) is 9.79 Å². The maximum absolute atomic E-state index is 13.5. The van der Waals surface area contributed by atoms with Gasteiger partial charge in [-0.2, -0.15) is 18.2 Å². The number of rotatable bonds is 5. The second kappa shape index (κ2) is 7.17. The number of hydrogen-bond donors (Lipinski definition) is 0. The summed E-state index contributed by atoms with van der Waals surface area (Å²) in [6.45, 7) is 5.24. The monoisotopic (exact) mass is 343 g/mol. The van der Waals surface area contributed by atoms with Crippen LogP contribution in [0.3, 0.4) is 0 Å². The Morgan fingerprint density at radius 2 is 1.91 bits per heavy atom. The summed E-state index contributed by atoms with van der Waals surface area (Å²) in [4.78, 5) is 20.0. The lowest BCUT2D eigenvalue weighted by molar-refractivity contribution is -0.204. The summed E-state index contributed by atoms with van der Waals surface area (Å²) in [5.74, 6) is -2.49. The first-order chi connectivity index (χ1) is 10.3. The van der Waals surface area contributed by atoms with Crippen molar-refractivity contribution in [2.24, 2.45) is 9.98 Å². The first-order valence-electron chi connectivity index (χ1n) is 6.66. The van der Waals surface area contributed by atoms with Gasteiger partial charge in [-0.3, -0.25) is 0 Å². The lowest BCUT2D eigenvalue weighted by Gasteiger charge is -2.33. The van der Waals surface area contributed by atoms with Crippen molar-refractivity contribution in [2.75, 3.05) is 25.6 Å². The van der Waals surface area contributed by atoms with Gasteiger partial charge in [-0.05, 0) is 20.8 Å². The average Bonchev–Trinajstić information content (AvgIpc) is 2.47. The SMILES string of the molecule is CCOC(=O)C1(C(F)(F)F)N=C(CCl)OC(N(CC)CC)=N1. The third kappa shape index (κ3) is 3.45. The summed E-state index contributed by atoms with van der Waals surface area (Å²) < 4.78 is 50.1. The largest absolute Gasteiger partial charge is 0.462 e. The third-order valence-corrected chi connectivity index (χ3v) is 3.09. The van der Waals surface area contributed by atoms with Gasteiger partial charge in [0.05, 0.1) is 12.5 Å². The Balaban J connectivity index is 3.45. The number of amidine groups is 1. The van der Waals surface area contributed by atoms with Gasteiger partial charge in [0.1, 0.15) is 0 Å². The number of halogens is 4. The fourth-order valence-corrected chi connectivity index (χ4v) is 1.86. The molecule has 1 aliphatic heterocycles. The number of alkyl halides is 4. The average molecular weight is 344 g/mol. The highest BCUT2D eigenvalue weighted by Gasteiger charge is 2.65. The van der Waals surface area contributed by atoms with E-state index in [0.29, 0.717) is 13.1 Å². The van der Waals surface area contributed by atoms with Crippen molar-refractivity contribution in [1.82, 2.24) is 4.90 Å². The fraction of sp³-hybridized carbons (Fsp3) is 0.750. The number of carbonyl (C=O) groups is 1. The van der Waals surface area contributed by atoms with E-state index in [4.69, 9.17) is 16.3 Å². The summed E-state index contributed by atoms with van der Waals surface area (Å²) >= 11 is 5.55. The zero-order valence-electron chi connectivity index (χ0n) is 12.4. The Kier molecular flexibility index (Phi) is 6.04. The smallest absolute Gasteiger partial charge is 0.446 e. The number of ether oxygens (including phenoxy) is 2. The minimum absolute atomic E-state index is 0.237. The van der Waals surface area contributed by atoms with Gasteiger partial charge in [-0.15, -0.1) is 11.6 Å². The van der Waals surface area contributed by atoms with Crippen molar-refractivity contribution in [3.8, 4) is 0 Å². The lowest BCUT2D eigenvalue weighted by atomic mass is 10.1. The molecule has 0 aliphatic carbocycles. The predicted octanol–water partition coefficient (Wildman–Crippen LogP) is 2.17. The molecule has 10 heteroatoms. The molecule has 1 unspecified atom stereocenters. The maximum Gasteiger partial charge on any atom is 0.446 e. The van der Waals surface area contributed by atoms with E-state index < -0.39 is 29.6 Å². The number of aliphatic imine (C=N–C) groups is 2. The molecule has 0 saturated carbocycles. The Labute approximate surface area is 130 Å². The highest BCUT2D eigenvalue weighted by molar-refractivity contribution is 6.28. The lowest BCUT2D eigenvalue weighted by Crippen LogP contribution is -2.55. The van der Waals surface area contributed by atoms with Crippen molar-refractivity contribution in [3.05, 3.63) is 0 Å². The molecule has 1 rings (SSSR count). The third-order valence-electron chi connectivity index (χ3n) is 2.86. The van der Waals surface area contributed by atoms with Gasteiger partial charge in [0, 0.05) is 13.1 Å². The standard InChI is InChI=1S/C12H17ClF3N3O3/c1-4-19(5-2)10-18-11(12(14,15)16,9(20)21-6-3)17-8(7-13)22-10/h4-7H2,1-3H3. The molecule has 0 fully saturated rings. The molecular formula is C12H17ClF3N3O3. The van der Waals surface area contributed by atoms with Crippen LogP contribution >= 0.6 is 11.6 Å². The van der Waals surface area contributed by atoms with Gasteiger partial charge in [0.25, 0.3) is 6.02 Å². The molecule has 0 aromatic carbocycles. The van der Waals surface area contributed by atoms with Crippen molar-refractivity contribution < 1.29 is 27.4 Å². The summed E-state index contributed by atoms with van der Waals surface area (Å²) in [7, 11) is 0. The van der Waals surface area contributed by atoms with Crippen LogP contribution in [0.1, 0.15) is 20.8 Å². The second-order valence-electron chi connectivity index (χ2n) is 4.20. The molecule has 0 aromatic heterocycles. The minimum atomic E-state index is -5.08. The highest BCUT2D eigenvalue weighted by Crippen LogP contribution is 2.38. The normalized spacial score (nSPS) is 21.6. The molecule has 126 valence electrons. The Morgan fingerprint density at radius 3 is 2.32 bits per heavy atom. The van der Waals surface area contributed by atoms with Crippen LogP contribution in [0.4, 0.5) is 13.2 Å². The van der Waals surface area contributed by atoms with E-state index in [1.807, 2.05) is 0 Å². The van der Waals surface area contributed by atoms with E-state index in [1.165, 1.54) is 11.8 Å². The first kappa shape index (κ1) is 18.5. The molecule has 1 heterocycles. The molecule has 1 atom stereocenters. The van der Waals surface area contributed by atoms with Crippen LogP contribution in [0.25, 0.3) is 0 Å². The summed E-state index contributed by atoms with van der Waals surface area (Å²) in [6.07, 6.45) is -5.08. The minimum Gasteiger partial charge on any atom is -0.462 e. The molecule has 0 spiro atoms. The zero-order valence-corrected chi connectivity index (χ0v) is 13.2. The number of carbonyl (C=O) groups excluding carboxylic acids is 1.